The monoisotopic (exact) mass is 319 g/mol. The molecule has 2 aromatic heterocycles. The van der Waals surface area contributed by atoms with Crippen molar-refractivity contribution < 1.29 is 4.79 Å². The van der Waals surface area contributed by atoms with E-state index in [-0.39, 0.29) is 5.91 Å². The molecule has 0 radical (unpaired) electrons. The highest BCUT2D eigenvalue weighted by Gasteiger charge is 2.28. The van der Waals surface area contributed by atoms with Gasteiger partial charge in [-0.05, 0) is 30.8 Å². The quantitative estimate of drug-likeness (QED) is 0.867. The second kappa shape index (κ2) is 6.56. The van der Waals surface area contributed by atoms with Crippen LogP contribution in [0.15, 0.2) is 12.4 Å². The minimum Gasteiger partial charge on any atom is -0.336 e. The maximum Gasteiger partial charge on any atom is 0.267 e. The predicted octanol–water partition coefficient (Wildman–Crippen LogP) is 2.34. The van der Waals surface area contributed by atoms with Crippen LogP contribution in [0.25, 0.3) is 0 Å². The number of nitrogens with zero attached hydrogens (tertiary/aromatic N) is 5. The highest BCUT2D eigenvalue weighted by molar-refractivity contribution is 7.08. The van der Waals surface area contributed by atoms with Crippen LogP contribution < -0.4 is 0 Å². The van der Waals surface area contributed by atoms with Gasteiger partial charge in [-0.2, -0.15) is 0 Å². The summed E-state index contributed by atoms with van der Waals surface area (Å²) < 4.78 is 6.16. The number of aromatic nitrogens is 4. The SMILES string of the molecule is CCc1nnsc1C(=O)N1CCC[C@@H](n2ccnc2CC)C1. The second-order valence-corrected chi connectivity index (χ2v) is 6.31. The second-order valence-electron chi connectivity index (χ2n) is 5.55. The van der Waals surface area contributed by atoms with Crippen LogP contribution in [0.5, 0.6) is 0 Å². The molecule has 1 atom stereocenters. The molecule has 0 unspecified atom stereocenters. The molecule has 0 aromatic carbocycles. The normalized spacial score (nSPS) is 18.6. The van der Waals surface area contributed by atoms with Crippen LogP contribution in [-0.4, -0.2) is 43.0 Å². The van der Waals surface area contributed by atoms with E-state index in [1.165, 1.54) is 11.5 Å². The van der Waals surface area contributed by atoms with Crippen LogP contribution in [0.3, 0.4) is 0 Å². The lowest BCUT2D eigenvalue weighted by Crippen LogP contribution is -2.41. The average Bonchev–Trinajstić information content (AvgIpc) is 3.22. The van der Waals surface area contributed by atoms with Crippen molar-refractivity contribution in [2.75, 3.05) is 13.1 Å². The Bertz CT molecular complexity index is 650. The molecule has 0 N–H and O–H groups in total. The molecule has 0 saturated carbocycles. The van der Waals surface area contributed by atoms with Gasteiger partial charge in [0.25, 0.3) is 5.91 Å². The number of rotatable bonds is 4. The number of hydrogen-bond donors (Lipinski definition) is 0. The molecule has 1 aliphatic rings. The van der Waals surface area contributed by atoms with E-state index in [4.69, 9.17) is 0 Å². The minimum atomic E-state index is 0.0784. The van der Waals surface area contributed by atoms with Crippen molar-refractivity contribution in [1.29, 1.82) is 0 Å². The van der Waals surface area contributed by atoms with Gasteiger partial charge in [0, 0.05) is 31.9 Å². The summed E-state index contributed by atoms with van der Waals surface area (Å²) in [6, 6.07) is 0.320. The van der Waals surface area contributed by atoms with Crippen LogP contribution >= 0.6 is 11.5 Å². The number of carbonyl (C=O) groups excluding carboxylic acids is 1. The van der Waals surface area contributed by atoms with Gasteiger partial charge in [0.05, 0.1) is 11.7 Å². The Morgan fingerprint density at radius 3 is 3.05 bits per heavy atom. The van der Waals surface area contributed by atoms with Crippen molar-refractivity contribution >= 4 is 17.4 Å². The fourth-order valence-electron chi connectivity index (χ4n) is 3.06. The van der Waals surface area contributed by atoms with Crippen molar-refractivity contribution in [2.24, 2.45) is 0 Å². The minimum absolute atomic E-state index is 0.0784. The fraction of sp³-hybridized carbons (Fsp3) is 0.600. The summed E-state index contributed by atoms with van der Waals surface area (Å²) in [4.78, 5) is 19.8. The molecule has 2 aromatic rings. The van der Waals surface area contributed by atoms with E-state index >= 15 is 0 Å². The number of amides is 1. The van der Waals surface area contributed by atoms with E-state index in [0.717, 1.165) is 50.3 Å². The number of hydrogen-bond acceptors (Lipinski definition) is 5. The zero-order valence-corrected chi connectivity index (χ0v) is 13.8. The maximum absolute atomic E-state index is 12.7. The topological polar surface area (TPSA) is 63.9 Å². The van der Waals surface area contributed by atoms with E-state index in [2.05, 4.69) is 26.1 Å². The Hall–Kier alpha value is -1.76. The Morgan fingerprint density at radius 1 is 1.41 bits per heavy atom. The Kier molecular flexibility index (Phi) is 4.52. The molecule has 118 valence electrons. The first-order valence-corrected chi connectivity index (χ1v) is 8.64. The number of carbonyl (C=O) groups is 1. The van der Waals surface area contributed by atoms with Gasteiger partial charge in [0.1, 0.15) is 10.7 Å². The molecule has 1 aliphatic heterocycles. The van der Waals surface area contributed by atoms with E-state index < -0.39 is 0 Å². The van der Waals surface area contributed by atoms with Crippen molar-refractivity contribution in [3.05, 3.63) is 28.8 Å². The molecular formula is C15H21N5OS. The summed E-state index contributed by atoms with van der Waals surface area (Å²) in [6.45, 7) is 5.67. The van der Waals surface area contributed by atoms with Crippen molar-refractivity contribution in [2.45, 2.75) is 45.6 Å². The van der Waals surface area contributed by atoms with Gasteiger partial charge in [-0.15, -0.1) is 5.10 Å². The Morgan fingerprint density at radius 2 is 2.27 bits per heavy atom. The highest BCUT2D eigenvalue weighted by atomic mass is 32.1. The third-order valence-corrected chi connectivity index (χ3v) is 4.98. The molecule has 3 rings (SSSR count). The van der Waals surface area contributed by atoms with Crippen molar-refractivity contribution in [3.63, 3.8) is 0 Å². The van der Waals surface area contributed by atoms with Crippen LogP contribution in [0.1, 0.15) is 53.9 Å². The molecule has 7 heteroatoms. The molecular weight excluding hydrogens is 298 g/mol. The lowest BCUT2D eigenvalue weighted by atomic mass is 10.0. The summed E-state index contributed by atoms with van der Waals surface area (Å²) in [6.07, 6.45) is 7.65. The molecule has 0 bridgehead atoms. The molecule has 6 nitrogen and oxygen atoms in total. The average molecular weight is 319 g/mol. The fourth-order valence-corrected chi connectivity index (χ4v) is 3.78. The third kappa shape index (κ3) is 2.77. The Labute approximate surface area is 134 Å². The zero-order valence-electron chi connectivity index (χ0n) is 13.0. The van der Waals surface area contributed by atoms with Gasteiger partial charge < -0.3 is 9.47 Å². The van der Waals surface area contributed by atoms with Crippen LogP contribution in [0.2, 0.25) is 0 Å². The van der Waals surface area contributed by atoms with Gasteiger partial charge in [-0.1, -0.05) is 18.3 Å². The lowest BCUT2D eigenvalue weighted by molar-refractivity contribution is 0.0681. The van der Waals surface area contributed by atoms with Crippen LogP contribution in [0.4, 0.5) is 0 Å². The van der Waals surface area contributed by atoms with Crippen LogP contribution in [-0.2, 0) is 12.8 Å². The van der Waals surface area contributed by atoms with Gasteiger partial charge in [0.15, 0.2) is 0 Å². The van der Waals surface area contributed by atoms with E-state index in [1.807, 2.05) is 24.2 Å². The van der Waals surface area contributed by atoms with Crippen LogP contribution in [0, 0.1) is 0 Å². The van der Waals surface area contributed by atoms with Gasteiger partial charge >= 0.3 is 0 Å². The van der Waals surface area contributed by atoms with Gasteiger partial charge in [-0.25, -0.2) is 4.98 Å². The Balaban J connectivity index is 1.77. The van der Waals surface area contributed by atoms with E-state index in [1.54, 1.807) is 0 Å². The molecule has 1 amide bonds. The first kappa shape index (κ1) is 15.1. The summed E-state index contributed by atoms with van der Waals surface area (Å²) in [7, 11) is 0. The number of imidazole rings is 1. The summed E-state index contributed by atoms with van der Waals surface area (Å²) in [5, 5.41) is 4.05. The molecule has 0 aliphatic carbocycles. The predicted molar refractivity (Wildman–Crippen MR) is 85.1 cm³/mol. The molecule has 1 saturated heterocycles. The van der Waals surface area contributed by atoms with Gasteiger partial charge in [-0.3, -0.25) is 4.79 Å². The largest absolute Gasteiger partial charge is 0.336 e. The van der Waals surface area contributed by atoms with E-state index in [9.17, 15) is 4.79 Å². The number of piperidine rings is 1. The third-order valence-electron chi connectivity index (χ3n) is 4.23. The zero-order chi connectivity index (χ0) is 15.5. The molecule has 0 spiro atoms. The highest BCUT2D eigenvalue weighted by Crippen LogP contribution is 2.25. The summed E-state index contributed by atoms with van der Waals surface area (Å²) in [5.41, 5.74) is 0.814. The first-order chi connectivity index (χ1) is 10.7. The molecule has 22 heavy (non-hydrogen) atoms. The molecule has 3 heterocycles. The number of aryl methyl sites for hydroxylation is 2. The van der Waals surface area contributed by atoms with E-state index in [0.29, 0.717) is 10.9 Å². The molecule has 1 fully saturated rings. The summed E-state index contributed by atoms with van der Waals surface area (Å²) in [5.74, 6) is 1.17. The standard InChI is InChI=1S/C15H21N5OS/c1-3-12-14(22-18-17-12)15(21)19-8-5-6-11(10-19)20-9-7-16-13(20)4-2/h7,9,11H,3-6,8,10H2,1-2H3/t11-/m1/s1. The smallest absolute Gasteiger partial charge is 0.267 e. The number of likely N-dealkylation sites (tertiary alicyclic amines) is 1. The summed E-state index contributed by atoms with van der Waals surface area (Å²) >= 11 is 1.21. The lowest BCUT2D eigenvalue weighted by Gasteiger charge is -2.33. The van der Waals surface area contributed by atoms with Crippen molar-refractivity contribution in [1.82, 2.24) is 24.0 Å². The first-order valence-electron chi connectivity index (χ1n) is 7.86. The van der Waals surface area contributed by atoms with Crippen molar-refractivity contribution in [3.8, 4) is 0 Å². The maximum atomic E-state index is 12.7. The van der Waals surface area contributed by atoms with Gasteiger partial charge in [0.2, 0.25) is 0 Å².